The van der Waals surface area contributed by atoms with Gasteiger partial charge in [-0.15, -0.1) is 0 Å². The molecule has 0 amide bonds. The zero-order valence-corrected chi connectivity index (χ0v) is 14.1. The van der Waals surface area contributed by atoms with Crippen LogP contribution in [-0.2, 0) is 0 Å². The highest BCUT2D eigenvalue weighted by molar-refractivity contribution is 5.88. The Bertz CT molecular complexity index is 854. The van der Waals surface area contributed by atoms with Crippen LogP contribution in [-0.4, -0.2) is 0 Å². The van der Waals surface area contributed by atoms with E-state index in [1.807, 2.05) is 24.3 Å². The lowest BCUT2D eigenvalue weighted by Gasteiger charge is -2.37. The molecule has 4 rings (SSSR count). The maximum Gasteiger partial charge on any atom is 0.123 e. The Morgan fingerprint density at radius 3 is 1.71 bits per heavy atom. The highest BCUT2D eigenvalue weighted by atomic mass is 19.1. The van der Waals surface area contributed by atoms with Crippen LogP contribution in [0.25, 0.3) is 11.1 Å². The van der Waals surface area contributed by atoms with Gasteiger partial charge in [0.2, 0.25) is 0 Å². The van der Waals surface area contributed by atoms with Crippen molar-refractivity contribution in [3.8, 4) is 0 Å². The fraction of sp³-hybridized carbons (Fsp3) is 0.273. The van der Waals surface area contributed by atoms with Gasteiger partial charge < -0.3 is 0 Å². The predicted octanol–water partition coefficient (Wildman–Crippen LogP) is 6.11. The van der Waals surface area contributed by atoms with Gasteiger partial charge in [-0.25, -0.2) is 8.78 Å². The van der Waals surface area contributed by atoms with Crippen LogP contribution >= 0.6 is 0 Å². The van der Waals surface area contributed by atoms with Crippen LogP contribution in [0.3, 0.4) is 0 Å². The highest BCUT2D eigenvalue weighted by Gasteiger charge is 2.57. The first-order valence-corrected chi connectivity index (χ1v) is 8.30. The molecule has 2 atom stereocenters. The number of halogens is 2. The van der Waals surface area contributed by atoms with Crippen LogP contribution in [0.1, 0.15) is 31.9 Å². The molecular weight excluding hydrogens is 302 g/mol. The monoisotopic (exact) mass is 322 g/mol. The molecule has 0 nitrogen and oxygen atoms in total. The maximum absolute atomic E-state index is 13.3. The third-order valence-electron chi connectivity index (χ3n) is 6.12. The third kappa shape index (κ3) is 1.95. The number of hydrogen-bond donors (Lipinski definition) is 0. The minimum atomic E-state index is -0.213. The minimum absolute atomic E-state index is 0.0282. The van der Waals surface area contributed by atoms with Crippen molar-refractivity contribution in [2.24, 2.45) is 16.7 Å². The molecule has 122 valence electrons. The Morgan fingerprint density at radius 2 is 1.25 bits per heavy atom. The second-order valence-electron chi connectivity index (χ2n) is 7.60. The van der Waals surface area contributed by atoms with Crippen LogP contribution < -0.4 is 0 Å². The SMILES string of the molecule is CC1(C)[C@H]2C=C(c3ccc(F)cc3)[C@]1(C)C=C2c1ccc(F)cc1. The Balaban J connectivity index is 1.79. The van der Waals surface area contributed by atoms with Gasteiger partial charge in [-0.2, -0.15) is 0 Å². The summed E-state index contributed by atoms with van der Waals surface area (Å²) in [5, 5.41) is 0. The summed E-state index contributed by atoms with van der Waals surface area (Å²) < 4.78 is 26.5. The zero-order chi connectivity index (χ0) is 17.1. The van der Waals surface area contributed by atoms with Crippen molar-refractivity contribution in [2.45, 2.75) is 20.8 Å². The molecule has 2 aliphatic carbocycles. The van der Waals surface area contributed by atoms with Gasteiger partial charge in [-0.3, -0.25) is 0 Å². The molecule has 2 aromatic carbocycles. The van der Waals surface area contributed by atoms with Gasteiger partial charge in [0.25, 0.3) is 0 Å². The van der Waals surface area contributed by atoms with Crippen molar-refractivity contribution >= 4 is 11.1 Å². The van der Waals surface area contributed by atoms with E-state index >= 15 is 0 Å². The summed E-state index contributed by atoms with van der Waals surface area (Å²) in [6.07, 6.45) is 4.63. The quantitative estimate of drug-likeness (QED) is 0.626. The molecular formula is C22H20F2. The Hall–Kier alpha value is -2.22. The van der Waals surface area contributed by atoms with Crippen molar-refractivity contribution < 1.29 is 8.78 Å². The van der Waals surface area contributed by atoms with Gasteiger partial charge in [0.05, 0.1) is 0 Å². The molecule has 24 heavy (non-hydrogen) atoms. The van der Waals surface area contributed by atoms with Crippen molar-refractivity contribution in [1.82, 2.24) is 0 Å². The van der Waals surface area contributed by atoms with Gasteiger partial charge in [-0.1, -0.05) is 57.2 Å². The van der Waals surface area contributed by atoms with Crippen molar-refractivity contribution in [1.29, 1.82) is 0 Å². The zero-order valence-electron chi connectivity index (χ0n) is 14.1. The average molecular weight is 322 g/mol. The molecule has 0 unspecified atom stereocenters. The van der Waals surface area contributed by atoms with E-state index in [9.17, 15) is 8.78 Å². The van der Waals surface area contributed by atoms with Crippen molar-refractivity contribution in [3.63, 3.8) is 0 Å². The van der Waals surface area contributed by atoms with Gasteiger partial charge >= 0.3 is 0 Å². The summed E-state index contributed by atoms with van der Waals surface area (Å²) >= 11 is 0. The van der Waals surface area contributed by atoms with Crippen molar-refractivity contribution in [3.05, 3.63) is 83.4 Å². The van der Waals surface area contributed by atoms with Crippen molar-refractivity contribution in [2.75, 3.05) is 0 Å². The van der Waals surface area contributed by atoms with Crippen LogP contribution in [0, 0.1) is 28.4 Å². The van der Waals surface area contributed by atoms with Gasteiger partial charge in [0, 0.05) is 11.3 Å². The third-order valence-corrected chi connectivity index (χ3v) is 6.12. The van der Waals surface area contributed by atoms with Crippen LogP contribution in [0.2, 0.25) is 0 Å². The second kappa shape index (κ2) is 4.89. The lowest BCUT2D eigenvalue weighted by molar-refractivity contribution is 0.216. The molecule has 0 N–H and O–H groups in total. The highest BCUT2D eigenvalue weighted by Crippen LogP contribution is 2.68. The maximum atomic E-state index is 13.3. The minimum Gasteiger partial charge on any atom is -0.207 e. The molecule has 0 spiro atoms. The van der Waals surface area contributed by atoms with E-state index in [1.165, 1.54) is 35.4 Å². The Morgan fingerprint density at radius 1 is 0.750 bits per heavy atom. The normalized spacial score (nSPS) is 27.1. The van der Waals surface area contributed by atoms with E-state index in [4.69, 9.17) is 0 Å². The molecule has 2 bridgehead atoms. The number of rotatable bonds is 2. The van der Waals surface area contributed by atoms with Crippen LogP contribution in [0.15, 0.2) is 60.7 Å². The van der Waals surface area contributed by atoms with E-state index < -0.39 is 0 Å². The number of allylic oxidation sites excluding steroid dienone is 4. The fourth-order valence-corrected chi connectivity index (χ4v) is 4.29. The average Bonchev–Trinajstić information content (AvgIpc) is 2.87. The second-order valence-corrected chi connectivity index (χ2v) is 7.60. The molecule has 0 saturated heterocycles. The Kier molecular flexibility index (Phi) is 3.12. The fourth-order valence-electron chi connectivity index (χ4n) is 4.29. The Labute approximate surface area is 141 Å². The van der Waals surface area contributed by atoms with E-state index in [0.717, 1.165) is 11.1 Å². The largest absolute Gasteiger partial charge is 0.207 e. The van der Waals surface area contributed by atoms with E-state index in [0.29, 0.717) is 0 Å². The first-order valence-electron chi connectivity index (χ1n) is 8.30. The van der Waals surface area contributed by atoms with E-state index in [2.05, 4.69) is 32.9 Å². The van der Waals surface area contributed by atoms with Crippen LogP contribution in [0.4, 0.5) is 8.78 Å². The molecule has 0 fully saturated rings. The van der Waals surface area contributed by atoms with Gasteiger partial charge in [0.1, 0.15) is 11.6 Å². The molecule has 2 heteroatoms. The van der Waals surface area contributed by atoms with Gasteiger partial charge in [0.15, 0.2) is 0 Å². The summed E-state index contributed by atoms with van der Waals surface area (Å²) in [7, 11) is 0. The smallest absolute Gasteiger partial charge is 0.123 e. The predicted molar refractivity (Wildman–Crippen MR) is 94.1 cm³/mol. The number of fused-ring (bicyclic) bond motifs is 2. The first-order chi connectivity index (χ1) is 11.3. The topological polar surface area (TPSA) is 0 Å². The molecule has 0 radical (unpaired) electrons. The first kappa shape index (κ1) is 15.3. The van der Waals surface area contributed by atoms with E-state index in [1.54, 1.807) is 0 Å². The van der Waals surface area contributed by atoms with Crippen LogP contribution in [0.5, 0.6) is 0 Å². The molecule has 2 aliphatic rings. The van der Waals surface area contributed by atoms with Gasteiger partial charge in [-0.05, 0) is 52.0 Å². The molecule has 0 heterocycles. The molecule has 0 aliphatic heterocycles. The van der Waals surface area contributed by atoms with E-state index in [-0.39, 0.29) is 28.4 Å². The summed E-state index contributed by atoms with van der Waals surface area (Å²) in [5.41, 5.74) is 4.56. The standard InChI is InChI=1S/C22H20F2/c1-21(2)20-12-19(15-6-10-17(24)11-7-15)22(21,3)13-18(20)14-4-8-16(23)9-5-14/h4-13,20H,1-3H3/t20-,22-/m0/s1. The number of benzene rings is 2. The summed E-state index contributed by atoms with van der Waals surface area (Å²) in [6.45, 7) is 6.80. The molecule has 0 aromatic heterocycles. The molecule has 0 saturated carbocycles. The lowest BCUT2D eigenvalue weighted by Crippen LogP contribution is -2.30. The summed E-state index contributed by atoms with van der Waals surface area (Å²) in [6, 6.07) is 13.5. The lowest BCUT2D eigenvalue weighted by atomic mass is 9.66. The summed E-state index contributed by atoms with van der Waals surface area (Å²) in [4.78, 5) is 0. The number of hydrogen-bond acceptors (Lipinski definition) is 0. The summed E-state index contributed by atoms with van der Waals surface area (Å²) in [5.74, 6) is -0.155. The molecule has 2 aromatic rings.